The van der Waals surface area contributed by atoms with Gasteiger partial charge in [-0.1, -0.05) is 17.7 Å². The summed E-state index contributed by atoms with van der Waals surface area (Å²) in [4.78, 5) is 18.4. The van der Waals surface area contributed by atoms with Gasteiger partial charge < -0.3 is 25.4 Å². The van der Waals surface area contributed by atoms with Gasteiger partial charge in [-0.3, -0.25) is 4.72 Å². The van der Waals surface area contributed by atoms with Crippen LogP contribution in [0.4, 0.5) is 5.69 Å². The van der Waals surface area contributed by atoms with Crippen LogP contribution in [0.2, 0.25) is 0 Å². The maximum absolute atomic E-state index is 12.9. The van der Waals surface area contributed by atoms with Gasteiger partial charge in [-0.25, -0.2) is 18.0 Å². The number of phenols is 1. The average molecular weight is 780 g/mol. The van der Waals surface area contributed by atoms with Gasteiger partial charge >= 0.3 is 11.9 Å². The highest BCUT2D eigenvalue weighted by Gasteiger charge is 2.25. The van der Waals surface area contributed by atoms with Gasteiger partial charge in [-0.15, -0.1) is 0 Å². The van der Waals surface area contributed by atoms with Crippen molar-refractivity contribution in [2.24, 2.45) is 0 Å². The van der Waals surface area contributed by atoms with Gasteiger partial charge in [0.15, 0.2) is 0 Å². The molecule has 39 heavy (non-hydrogen) atoms. The number of carboxylic acids is 2. The third-order valence-electron chi connectivity index (χ3n) is 5.88. The van der Waals surface area contributed by atoms with Gasteiger partial charge in [0.2, 0.25) is 0 Å². The van der Waals surface area contributed by atoms with E-state index in [9.17, 15) is 13.5 Å². The Morgan fingerprint density at radius 1 is 1.05 bits per heavy atom. The SMILES string of the molecule is COc1c(I)cc(CC2NCCc3cc(O)c(NS(=O)(=O)c4ccc(C)cc4)cc32)cc1I.O=C(O)C(=O)O. The van der Waals surface area contributed by atoms with Crippen LogP contribution in [0.3, 0.4) is 0 Å². The number of fused-ring (bicyclic) bond motifs is 1. The molecule has 0 fully saturated rings. The van der Waals surface area contributed by atoms with Crippen LogP contribution in [-0.4, -0.2) is 49.3 Å². The van der Waals surface area contributed by atoms with Crippen molar-refractivity contribution in [1.29, 1.82) is 0 Å². The first-order chi connectivity index (χ1) is 18.3. The summed E-state index contributed by atoms with van der Waals surface area (Å²) in [6, 6.07) is 14.3. The molecule has 1 atom stereocenters. The fourth-order valence-electron chi connectivity index (χ4n) is 4.03. The van der Waals surface area contributed by atoms with Crippen LogP contribution >= 0.6 is 45.2 Å². The van der Waals surface area contributed by atoms with Gasteiger partial charge in [0, 0.05) is 6.04 Å². The van der Waals surface area contributed by atoms with Crippen LogP contribution in [0, 0.1) is 14.1 Å². The molecule has 4 rings (SSSR count). The smallest absolute Gasteiger partial charge is 0.414 e. The largest absolute Gasteiger partial charge is 0.506 e. The summed E-state index contributed by atoms with van der Waals surface area (Å²) in [6.45, 7) is 2.69. The van der Waals surface area contributed by atoms with Crippen LogP contribution < -0.4 is 14.8 Å². The molecule has 0 aromatic heterocycles. The number of carboxylic acid groups (broad SMARTS) is 2. The molecule has 0 radical (unpaired) electrons. The molecule has 10 nitrogen and oxygen atoms in total. The number of hydrogen-bond acceptors (Lipinski definition) is 7. The van der Waals surface area contributed by atoms with E-state index in [1.165, 1.54) is 0 Å². The number of ether oxygens (including phenoxy) is 1. The second kappa shape index (κ2) is 13.1. The fraction of sp³-hybridized carbons (Fsp3) is 0.231. The van der Waals surface area contributed by atoms with E-state index in [1.54, 1.807) is 43.5 Å². The zero-order chi connectivity index (χ0) is 28.9. The number of methoxy groups -OCH3 is 1. The molecule has 13 heteroatoms. The summed E-state index contributed by atoms with van der Waals surface area (Å²) < 4.78 is 35.9. The maximum Gasteiger partial charge on any atom is 0.414 e. The van der Waals surface area contributed by atoms with Crippen molar-refractivity contribution >= 4 is 72.8 Å². The number of aromatic hydroxyl groups is 1. The van der Waals surface area contributed by atoms with E-state index in [-0.39, 0.29) is 22.4 Å². The number of nitrogens with one attached hydrogen (secondary N) is 2. The normalized spacial score (nSPS) is 14.4. The molecule has 0 saturated carbocycles. The lowest BCUT2D eigenvalue weighted by molar-refractivity contribution is -0.159. The van der Waals surface area contributed by atoms with Crippen molar-refractivity contribution in [2.45, 2.75) is 30.7 Å². The molecule has 5 N–H and O–H groups in total. The summed E-state index contributed by atoms with van der Waals surface area (Å²) >= 11 is 4.56. The Bertz CT molecular complexity index is 1460. The lowest BCUT2D eigenvalue weighted by atomic mass is 9.89. The summed E-state index contributed by atoms with van der Waals surface area (Å²) in [5.74, 6) is -2.85. The van der Waals surface area contributed by atoms with Crippen molar-refractivity contribution in [3.63, 3.8) is 0 Å². The molecule has 0 spiro atoms. The Kier molecular flexibility index (Phi) is 10.4. The minimum atomic E-state index is -3.82. The average Bonchev–Trinajstić information content (AvgIpc) is 2.85. The highest BCUT2D eigenvalue weighted by Crippen LogP contribution is 2.36. The number of phenolic OH excluding ortho intramolecular Hbond substituents is 1. The van der Waals surface area contributed by atoms with Crippen LogP contribution in [0.25, 0.3) is 0 Å². The predicted octanol–water partition coefficient (Wildman–Crippen LogP) is 4.30. The highest BCUT2D eigenvalue weighted by atomic mass is 127. The Morgan fingerprint density at radius 2 is 1.64 bits per heavy atom. The summed E-state index contributed by atoms with van der Waals surface area (Å²) in [7, 11) is -2.15. The molecule has 0 amide bonds. The van der Waals surface area contributed by atoms with Crippen LogP contribution in [-0.2, 0) is 32.5 Å². The number of rotatable bonds is 6. The molecular formula is C26H26I2N2O8S. The Balaban J connectivity index is 0.000000631. The van der Waals surface area contributed by atoms with E-state index >= 15 is 0 Å². The summed E-state index contributed by atoms with van der Waals surface area (Å²) in [5, 5.41) is 28.9. The van der Waals surface area contributed by atoms with Gasteiger partial charge in [0.05, 0.1) is 24.8 Å². The van der Waals surface area contributed by atoms with Gasteiger partial charge in [-0.05, 0) is 125 Å². The van der Waals surface area contributed by atoms with E-state index in [2.05, 4.69) is 67.4 Å². The molecule has 1 unspecified atom stereocenters. The van der Waals surface area contributed by atoms with Gasteiger partial charge in [0.25, 0.3) is 10.0 Å². The minimum absolute atomic E-state index is 0.00280. The molecule has 1 aliphatic rings. The first-order valence-electron chi connectivity index (χ1n) is 11.5. The number of halogens is 2. The van der Waals surface area contributed by atoms with Gasteiger partial charge in [0.1, 0.15) is 11.5 Å². The maximum atomic E-state index is 12.9. The molecule has 0 saturated heterocycles. The Hall–Kier alpha value is -2.63. The molecule has 1 heterocycles. The third-order valence-corrected chi connectivity index (χ3v) is 8.86. The van der Waals surface area contributed by atoms with Crippen LogP contribution in [0.15, 0.2) is 53.4 Å². The number of aryl methyl sites for hydroxylation is 1. The number of benzene rings is 3. The second-order valence-electron chi connectivity index (χ2n) is 8.65. The number of carbonyl (C=O) groups is 2. The van der Waals surface area contributed by atoms with Crippen molar-refractivity contribution in [2.75, 3.05) is 18.4 Å². The van der Waals surface area contributed by atoms with Crippen LogP contribution in [0.1, 0.15) is 28.3 Å². The third kappa shape index (κ3) is 7.95. The minimum Gasteiger partial charge on any atom is -0.506 e. The van der Waals surface area contributed by atoms with Crippen molar-refractivity contribution in [3.05, 3.63) is 77.9 Å². The zero-order valence-corrected chi connectivity index (χ0v) is 26.0. The first-order valence-corrected chi connectivity index (χ1v) is 15.1. The predicted molar refractivity (Wildman–Crippen MR) is 162 cm³/mol. The Labute approximate surface area is 253 Å². The molecule has 208 valence electrons. The second-order valence-corrected chi connectivity index (χ2v) is 12.7. The molecule has 3 aromatic carbocycles. The number of anilines is 1. The van der Waals surface area contributed by atoms with E-state index < -0.39 is 22.0 Å². The lowest BCUT2D eigenvalue weighted by Gasteiger charge is -2.28. The first kappa shape index (κ1) is 30.9. The van der Waals surface area contributed by atoms with Crippen LogP contribution in [0.5, 0.6) is 11.5 Å². The molecule has 0 bridgehead atoms. The molecule has 1 aliphatic heterocycles. The quantitative estimate of drug-likeness (QED) is 0.140. The molecular weight excluding hydrogens is 754 g/mol. The zero-order valence-electron chi connectivity index (χ0n) is 20.9. The summed E-state index contributed by atoms with van der Waals surface area (Å²) in [6.07, 6.45) is 1.50. The van der Waals surface area contributed by atoms with Crippen molar-refractivity contribution in [1.82, 2.24) is 5.32 Å². The lowest BCUT2D eigenvalue weighted by Crippen LogP contribution is -2.31. The number of aliphatic carboxylic acids is 2. The van der Waals surface area contributed by atoms with Crippen molar-refractivity contribution in [3.8, 4) is 11.5 Å². The fourth-order valence-corrected chi connectivity index (χ4v) is 7.43. The van der Waals surface area contributed by atoms with Crippen molar-refractivity contribution < 1.29 is 38.1 Å². The Morgan fingerprint density at radius 3 is 2.18 bits per heavy atom. The number of hydrogen-bond donors (Lipinski definition) is 5. The van der Waals surface area contributed by atoms with E-state index in [0.717, 1.165) is 54.5 Å². The topological polar surface area (TPSA) is 162 Å². The van der Waals surface area contributed by atoms with E-state index in [1.807, 2.05) is 6.92 Å². The number of sulfonamides is 1. The van der Waals surface area contributed by atoms with Gasteiger partial charge in [-0.2, -0.15) is 0 Å². The standard InChI is InChI=1S/C24H24I2N2O4S.C2H2O4/c1-14-3-5-17(6-4-14)33(30,31)28-22-13-18-16(12-23(22)29)7-8-27-21(18)11-15-9-19(25)24(32-2)20(26)10-15;3-1(4)2(5)6/h3-6,9-10,12-13,21,27-29H,7-8,11H2,1-2H3;(H,3,4)(H,5,6). The monoisotopic (exact) mass is 780 g/mol. The van der Waals surface area contributed by atoms with E-state index in [4.69, 9.17) is 24.5 Å². The molecule has 0 aliphatic carbocycles. The summed E-state index contributed by atoms with van der Waals surface area (Å²) in [5.41, 5.74) is 4.32. The highest BCUT2D eigenvalue weighted by molar-refractivity contribution is 14.1. The van der Waals surface area contributed by atoms with E-state index in [0.29, 0.717) is 0 Å². The molecule has 3 aromatic rings.